The molecular weight excluding hydrogens is 264 g/mol. The first-order chi connectivity index (χ1) is 8.82. The molecule has 1 fully saturated rings. The molecule has 2 rings (SSSR count). The van der Waals surface area contributed by atoms with Gasteiger partial charge in [-0.05, 0) is 44.0 Å². The Balaban J connectivity index is 2.44. The molecule has 1 aromatic carbocycles. The number of nitrogens with one attached hydrogen (secondary N) is 1. The van der Waals surface area contributed by atoms with Crippen LogP contribution in [0.5, 0.6) is 0 Å². The van der Waals surface area contributed by atoms with E-state index in [-0.39, 0.29) is 10.8 Å². The van der Waals surface area contributed by atoms with E-state index in [0.29, 0.717) is 13.1 Å². The number of piperazine rings is 1. The first-order valence-corrected chi connectivity index (χ1v) is 7.64. The number of sulfonamides is 1. The Kier molecular flexibility index (Phi) is 3.64. The van der Waals surface area contributed by atoms with Crippen LogP contribution in [0, 0.1) is 13.8 Å². The zero-order valence-corrected chi connectivity index (χ0v) is 12.1. The highest BCUT2D eigenvalue weighted by Gasteiger charge is 2.35. The van der Waals surface area contributed by atoms with Crippen LogP contribution in [0.15, 0.2) is 23.1 Å². The van der Waals surface area contributed by atoms with Crippen molar-refractivity contribution in [3.63, 3.8) is 0 Å². The molecule has 1 unspecified atom stereocenters. The summed E-state index contributed by atoms with van der Waals surface area (Å²) in [6, 6.07) is 4.54. The number of carbonyl (C=O) groups is 1. The minimum absolute atomic E-state index is 0.251. The van der Waals surface area contributed by atoms with Crippen molar-refractivity contribution in [1.29, 1.82) is 0 Å². The van der Waals surface area contributed by atoms with Gasteiger partial charge in [-0.15, -0.1) is 0 Å². The lowest BCUT2D eigenvalue weighted by Crippen LogP contribution is -2.55. The minimum atomic E-state index is -3.62. The predicted octanol–water partition coefficient (Wildman–Crippen LogP) is 0.812. The van der Waals surface area contributed by atoms with Gasteiger partial charge in [0.15, 0.2) is 0 Å². The molecular formula is C13H18N2O3S. The third-order valence-corrected chi connectivity index (χ3v) is 5.19. The lowest BCUT2D eigenvalue weighted by molar-refractivity contribution is -0.126. The maximum Gasteiger partial charge on any atom is 0.243 e. The normalized spacial score (nSPS) is 21.2. The first kappa shape index (κ1) is 14.0. The monoisotopic (exact) mass is 282 g/mol. The van der Waals surface area contributed by atoms with Crippen LogP contribution in [-0.4, -0.2) is 37.8 Å². The predicted molar refractivity (Wildman–Crippen MR) is 72.3 cm³/mol. The van der Waals surface area contributed by atoms with Crippen LogP contribution >= 0.6 is 0 Å². The summed E-state index contributed by atoms with van der Waals surface area (Å²) in [6.45, 7) is 5.99. The number of benzene rings is 1. The number of aryl methyl sites for hydroxylation is 2. The summed E-state index contributed by atoms with van der Waals surface area (Å²) in [5.74, 6) is -0.251. The van der Waals surface area contributed by atoms with E-state index in [4.69, 9.17) is 0 Å². The highest BCUT2D eigenvalue weighted by molar-refractivity contribution is 7.89. The van der Waals surface area contributed by atoms with Gasteiger partial charge in [-0.3, -0.25) is 4.79 Å². The molecule has 1 aliphatic heterocycles. The molecule has 19 heavy (non-hydrogen) atoms. The molecule has 0 bridgehead atoms. The summed E-state index contributed by atoms with van der Waals surface area (Å²) >= 11 is 0. The molecule has 1 aromatic rings. The molecule has 1 amide bonds. The second-order valence-electron chi connectivity index (χ2n) is 4.91. The molecule has 0 spiro atoms. The van der Waals surface area contributed by atoms with Crippen molar-refractivity contribution in [3.05, 3.63) is 29.3 Å². The van der Waals surface area contributed by atoms with Crippen molar-refractivity contribution >= 4 is 15.9 Å². The second-order valence-corrected chi connectivity index (χ2v) is 6.80. The molecule has 1 aliphatic rings. The Bertz CT molecular complexity index is 590. The van der Waals surface area contributed by atoms with Crippen molar-refractivity contribution in [2.75, 3.05) is 13.1 Å². The zero-order valence-electron chi connectivity index (χ0n) is 11.3. The van der Waals surface area contributed by atoms with Crippen LogP contribution < -0.4 is 5.32 Å². The number of carbonyl (C=O) groups excluding carboxylic acids is 1. The maximum atomic E-state index is 12.6. The van der Waals surface area contributed by atoms with Crippen LogP contribution in [0.25, 0.3) is 0 Å². The lowest BCUT2D eigenvalue weighted by Gasteiger charge is -2.31. The van der Waals surface area contributed by atoms with Gasteiger partial charge < -0.3 is 5.32 Å². The molecule has 104 valence electrons. The molecule has 6 heteroatoms. The van der Waals surface area contributed by atoms with E-state index in [9.17, 15) is 13.2 Å². The molecule has 0 radical (unpaired) electrons. The number of amides is 1. The Morgan fingerprint density at radius 3 is 2.37 bits per heavy atom. The summed E-state index contributed by atoms with van der Waals surface area (Å²) < 4.78 is 26.5. The third kappa shape index (κ3) is 2.64. The Hall–Kier alpha value is -1.40. The topological polar surface area (TPSA) is 66.5 Å². The Labute approximate surface area is 113 Å². The summed E-state index contributed by atoms with van der Waals surface area (Å²) in [5.41, 5.74) is 1.79. The molecule has 5 nitrogen and oxygen atoms in total. The molecule has 0 aliphatic carbocycles. The Morgan fingerprint density at radius 1 is 1.21 bits per heavy atom. The van der Waals surface area contributed by atoms with Crippen LogP contribution in [-0.2, 0) is 14.8 Å². The van der Waals surface area contributed by atoms with Gasteiger partial charge in [0.2, 0.25) is 15.9 Å². The smallest absolute Gasteiger partial charge is 0.243 e. The molecule has 1 N–H and O–H groups in total. The Morgan fingerprint density at radius 2 is 1.79 bits per heavy atom. The lowest BCUT2D eigenvalue weighted by atomic mass is 10.2. The van der Waals surface area contributed by atoms with Crippen LogP contribution in [0.2, 0.25) is 0 Å². The van der Waals surface area contributed by atoms with Crippen molar-refractivity contribution < 1.29 is 13.2 Å². The van der Waals surface area contributed by atoms with Gasteiger partial charge >= 0.3 is 0 Å². The van der Waals surface area contributed by atoms with Gasteiger partial charge in [0.1, 0.15) is 6.04 Å². The maximum absolute atomic E-state index is 12.6. The van der Waals surface area contributed by atoms with E-state index in [1.807, 2.05) is 19.9 Å². The van der Waals surface area contributed by atoms with Gasteiger partial charge in [0.05, 0.1) is 4.90 Å². The third-order valence-electron chi connectivity index (χ3n) is 3.24. The standard InChI is InChI=1S/C13H18N2O3S/c1-9-6-10(2)8-12(7-9)19(17,18)15-5-4-14-13(16)11(15)3/h6-8,11H,4-5H2,1-3H3,(H,14,16). The van der Waals surface area contributed by atoms with Gasteiger partial charge in [-0.25, -0.2) is 8.42 Å². The van der Waals surface area contributed by atoms with Gasteiger partial charge in [-0.1, -0.05) is 6.07 Å². The van der Waals surface area contributed by atoms with E-state index in [1.54, 1.807) is 19.1 Å². The van der Waals surface area contributed by atoms with Crippen molar-refractivity contribution in [2.45, 2.75) is 31.7 Å². The zero-order chi connectivity index (χ0) is 14.2. The van der Waals surface area contributed by atoms with E-state index in [2.05, 4.69) is 5.32 Å². The first-order valence-electron chi connectivity index (χ1n) is 6.20. The minimum Gasteiger partial charge on any atom is -0.353 e. The second kappa shape index (κ2) is 4.94. The number of rotatable bonds is 2. The van der Waals surface area contributed by atoms with Gasteiger partial charge in [0.25, 0.3) is 0 Å². The summed E-state index contributed by atoms with van der Waals surface area (Å²) in [4.78, 5) is 11.9. The number of hydrogen-bond acceptors (Lipinski definition) is 3. The van der Waals surface area contributed by atoms with Crippen molar-refractivity contribution in [2.24, 2.45) is 0 Å². The average molecular weight is 282 g/mol. The summed E-state index contributed by atoms with van der Waals surface area (Å²) in [5, 5.41) is 2.66. The molecule has 1 heterocycles. The quantitative estimate of drug-likeness (QED) is 0.873. The van der Waals surface area contributed by atoms with Gasteiger partial charge in [-0.2, -0.15) is 4.31 Å². The van der Waals surface area contributed by atoms with E-state index in [0.717, 1.165) is 11.1 Å². The summed E-state index contributed by atoms with van der Waals surface area (Å²) in [7, 11) is -3.62. The van der Waals surface area contributed by atoms with Crippen LogP contribution in [0.3, 0.4) is 0 Å². The van der Waals surface area contributed by atoms with E-state index < -0.39 is 16.1 Å². The fraction of sp³-hybridized carbons (Fsp3) is 0.462. The fourth-order valence-corrected chi connectivity index (χ4v) is 4.09. The van der Waals surface area contributed by atoms with Crippen LogP contribution in [0.4, 0.5) is 0 Å². The van der Waals surface area contributed by atoms with E-state index >= 15 is 0 Å². The number of hydrogen-bond donors (Lipinski definition) is 1. The summed E-state index contributed by atoms with van der Waals surface area (Å²) in [6.07, 6.45) is 0. The molecule has 0 aromatic heterocycles. The SMILES string of the molecule is Cc1cc(C)cc(S(=O)(=O)N2CCNC(=O)C2C)c1. The van der Waals surface area contributed by atoms with E-state index in [1.165, 1.54) is 4.31 Å². The number of nitrogens with zero attached hydrogens (tertiary/aromatic N) is 1. The van der Waals surface area contributed by atoms with Crippen molar-refractivity contribution in [1.82, 2.24) is 9.62 Å². The highest BCUT2D eigenvalue weighted by Crippen LogP contribution is 2.21. The average Bonchev–Trinajstić information content (AvgIpc) is 2.31. The fourth-order valence-electron chi connectivity index (χ4n) is 2.31. The molecule has 1 atom stereocenters. The largest absolute Gasteiger partial charge is 0.353 e. The van der Waals surface area contributed by atoms with Gasteiger partial charge in [0, 0.05) is 13.1 Å². The molecule has 1 saturated heterocycles. The van der Waals surface area contributed by atoms with Crippen LogP contribution in [0.1, 0.15) is 18.1 Å². The molecule has 0 saturated carbocycles. The van der Waals surface area contributed by atoms with Crippen molar-refractivity contribution in [3.8, 4) is 0 Å². The highest BCUT2D eigenvalue weighted by atomic mass is 32.2.